The molecule has 1 heterocycles. The molecular formula is C7H15NO3S. The fraction of sp³-hybridized carbons (Fsp3) is 1.00. The minimum Gasteiger partial charge on any atom is -0.383 e. The van der Waals surface area contributed by atoms with Gasteiger partial charge >= 0.3 is 0 Å². The summed E-state index contributed by atoms with van der Waals surface area (Å²) in [7, 11) is -1.06. The molecule has 4 nitrogen and oxygen atoms in total. The number of rotatable bonds is 4. The van der Waals surface area contributed by atoms with Crippen LogP contribution in [0.2, 0.25) is 0 Å². The molecule has 0 aliphatic carbocycles. The molecule has 0 aromatic carbocycles. The van der Waals surface area contributed by atoms with E-state index in [1.54, 1.807) is 7.11 Å². The van der Waals surface area contributed by atoms with Crippen molar-refractivity contribution in [1.82, 2.24) is 5.32 Å². The first kappa shape index (κ1) is 9.95. The van der Waals surface area contributed by atoms with Crippen molar-refractivity contribution < 1.29 is 13.2 Å². The lowest BCUT2D eigenvalue weighted by atomic mass is 10.3. The molecule has 1 rings (SSSR count). The van der Waals surface area contributed by atoms with Crippen LogP contribution in [0.15, 0.2) is 0 Å². The van der Waals surface area contributed by atoms with Gasteiger partial charge in [0.15, 0.2) is 9.84 Å². The molecule has 1 saturated heterocycles. The maximum Gasteiger partial charge on any atom is 0.153 e. The van der Waals surface area contributed by atoms with Crippen molar-refractivity contribution in [2.24, 2.45) is 0 Å². The van der Waals surface area contributed by atoms with Crippen LogP contribution in [0.4, 0.5) is 0 Å². The van der Waals surface area contributed by atoms with Crippen molar-refractivity contribution >= 4 is 9.84 Å². The van der Waals surface area contributed by atoms with Gasteiger partial charge in [-0.1, -0.05) is 0 Å². The molecule has 5 heteroatoms. The van der Waals surface area contributed by atoms with Crippen molar-refractivity contribution in [2.75, 3.05) is 25.2 Å². The van der Waals surface area contributed by atoms with Gasteiger partial charge in [0.05, 0.1) is 18.1 Å². The number of sulfone groups is 1. The topological polar surface area (TPSA) is 55.4 Å². The second kappa shape index (κ2) is 3.72. The number of hydrogen-bond donors (Lipinski definition) is 1. The van der Waals surface area contributed by atoms with Gasteiger partial charge in [0.25, 0.3) is 0 Å². The Bertz CT molecular complexity index is 225. The fourth-order valence-corrected chi connectivity index (χ4v) is 2.68. The van der Waals surface area contributed by atoms with Crippen LogP contribution in [0, 0.1) is 0 Å². The maximum absolute atomic E-state index is 10.8. The fourth-order valence-electron chi connectivity index (χ4n) is 1.36. The molecule has 1 aliphatic heterocycles. The smallest absolute Gasteiger partial charge is 0.153 e. The Balaban J connectivity index is 2.18. The summed E-state index contributed by atoms with van der Waals surface area (Å²) in [5.41, 5.74) is 0. The van der Waals surface area contributed by atoms with E-state index < -0.39 is 9.84 Å². The van der Waals surface area contributed by atoms with Crippen LogP contribution in [0.3, 0.4) is 0 Å². The third-order valence-electron chi connectivity index (χ3n) is 1.85. The average Bonchev–Trinajstić information content (AvgIpc) is 1.83. The van der Waals surface area contributed by atoms with E-state index >= 15 is 0 Å². The summed E-state index contributed by atoms with van der Waals surface area (Å²) >= 11 is 0. The standard InChI is InChI=1S/C7H15NO3S/c1-6(3-11-2)8-7-4-12(9,10)5-7/h6-8H,3-5H2,1-2H3. The highest BCUT2D eigenvalue weighted by molar-refractivity contribution is 7.92. The predicted molar refractivity (Wildman–Crippen MR) is 46.9 cm³/mol. The van der Waals surface area contributed by atoms with Crippen LogP contribution in [0.25, 0.3) is 0 Å². The van der Waals surface area contributed by atoms with E-state index in [9.17, 15) is 8.42 Å². The summed E-state index contributed by atoms with van der Waals surface area (Å²) in [5.74, 6) is 0.558. The lowest BCUT2D eigenvalue weighted by Crippen LogP contribution is -2.54. The van der Waals surface area contributed by atoms with Gasteiger partial charge < -0.3 is 10.1 Å². The zero-order valence-corrected chi connectivity index (χ0v) is 8.23. The van der Waals surface area contributed by atoms with Gasteiger partial charge in [-0.15, -0.1) is 0 Å². The molecule has 12 heavy (non-hydrogen) atoms. The van der Waals surface area contributed by atoms with Crippen LogP contribution in [-0.2, 0) is 14.6 Å². The first-order valence-corrected chi connectivity index (χ1v) is 5.81. The molecule has 0 radical (unpaired) electrons. The first-order chi connectivity index (χ1) is 5.53. The van der Waals surface area contributed by atoms with E-state index in [0.717, 1.165) is 0 Å². The molecule has 0 aromatic heterocycles. The van der Waals surface area contributed by atoms with E-state index in [1.807, 2.05) is 6.92 Å². The minimum atomic E-state index is -2.69. The summed E-state index contributed by atoms with van der Waals surface area (Å²) in [5, 5.41) is 3.17. The molecule has 1 atom stereocenters. The molecular weight excluding hydrogens is 178 g/mol. The minimum absolute atomic E-state index is 0.139. The largest absolute Gasteiger partial charge is 0.383 e. The first-order valence-electron chi connectivity index (χ1n) is 3.99. The molecule has 1 N–H and O–H groups in total. The van der Waals surface area contributed by atoms with Crippen LogP contribution in [0.5, 0.6) is 0 Å². The molecule has 0 bridgehead atoms. The van der Waals surface area contributed by atoms with E-state index in [4.69, 9.17) is 4.74 Å². The Hall–Kier alpha value is -0.130. The Morgan fingerprint density at radius 3 is 2.58 bits per heavy atom. The summed E-state index contributed by atoms with van der Waals surface area (Å²) < 4.78 is 26.4. The van der Waals surface area contributed by atoms with Crippen molar-refractivity contribution in [2.45, 2.75) is 19.0 Å². The molecule has 0 amide bonds. The zero-order chi connectivity index (χ0) is 9.19. The normalized spacial score (nSPS) is 24.8. The van der Waals surface area contributed by atoms with Crippen molar-refractivity contribution in [1.29, 1.82) is 0 Å². The van der Waals surface area contributed by atoms with Crippen LogP contribution >= 0.6 is 0 Å². The van der Waals surface area contributed by atoms with E-state index in [0.29, 0.717) is 6.61 Å². The molecule has 0 saturated carbocycles. The molecule has 0 spiro atoms. The van der Waals surface area contributed by atoms with Gasteiger partial charge in [-0.2, -0.15) is 0 Å². The lowest BCUT2D eigenvalue weighted by Gasteiger charge is -2.29. The van der Waals surface area contributed by atoms with Crippen LogP contribution in [-0.4, -0.2) is 45.7 Å². The second-order valence-electron chi connectivity index (χ2n) is 3.30. The number of nitrogens with one attached hydrogen (secondary N) is 1. The molecule has 1 unspecified atom stereocenters. The third-order valence-corrected chi connectivity index (χ3v) is 3.67. The highest BCUT2D eigenvalue weighted by atomic mass is 32.2. The SMILES string of the molecule is COCC(C)NC1CS(=O)(=O)C1. The monoisotopic (exact) mass is 193 g/mol. The Kier molecular flexibility index (Phi) is 3.09. The predicted octanol–water partition coefficient (Wildman–Crippen LogP) is -0.592. The summed E-state index contributed by atoms with van der Waals surface area (Å²) in [6.45, 7) is 2.60. The highest BCUT2D eigenvalue weighted by Crippen LogP contribution is 2.10. The molecule has 1 fully saturated rings. The Morgan fingerprint density at radius 1 is 1.58 bits per heavy atom. The van der Waals surface area contributed by atoms with E-state index in [2.05, 4.69) is 5.32 Å². The van der Waals surface area contributed by atoms with Crippen LogP contribution in [0.1, 0.15) is 6.92 Å². The maximum atomic E-state index is 10.8. The third kappa shape index (κ3) is 2.73. The van der Waals surface area contributed by atoms with Gasteiger partial charge in [0.2, 0.25) is 0 Å². The summed E-state index contributed by atoms with van der Waals surface area (Å²) in [6.07, 6.45) is 0. The average molecular weight is 193 g/mol. The summed E-state index contributed by atoms with van der Waals surface area (Å²) in [6, 6.07) is 0.371. The second-order valence-corrected chi connectivity index (χ2v) is 5.45. The Morgan fingerprint density at radius 2 is 2.17 bits per heavy atom. The lowest BCUT2D eigenvalue weighted by molar-refractivity contribution is 0.168. The summed E-state index contributed by atoms with van der Waals surface area (Å²) in [4.78, 5) is 0. The van der Waals surface area contributed by atoms with Gasteiger partial charge in [0, 0.05) is 19.2 Å². The number of hydrogen-bond acceptors (Lipinski definition) is 4. The van der Waals surface area contributed by atoms with Gasteiger partial charge in [-0.05, 0) is 6.92 Å². The van der Waals surface area contributed by atoms with Crippen molar-refractivity contribution in [3.05, 3.63) is 0 Å². The van der Waals surface area contributed by atoms with E-state index in [-0.39, 0.29) is 23.6 Å². The highest BCUT2D eigenvalue weighted by Gasteiger charge is 2.33. The van der Waals surface area contributed by atoms with Crippen molar-refractivity contribution in [3.8, 4) is 0 Å². The zero-order valence-electron chi connectivity index (χ0n) is 7.41. The quantitative estimate of drug-likeness (QED) is 0.648. The number of ether oxygens (including phenoxy) is 1. The molecule has 0 aromatic rings. The Labute approximate surface area is 73.2 Å². The van der Waals surface area contributed by atoms with Gasteiger partial charge in [-0.3, -0.25) is 0 Å². The molecule has 1 aliphatic rings. The number of methoxy groups -OCH3 is 1. The molecule has 72 valence electrons. The van der Waals surface area contributed by atoms with Crippen molar-refractivity contribution in [3.63, 3.8) is 0 Å². The van der Waals surface area contributed by atoms with E-state index in [1.165, 1.54) is 0 Å². The van der Waals surface area contributed by atoms with Gasteiger partial charge in [0.1, 0.15) is 0 Å². The van der Waals surface area contributed by atoms with Gasteiger partial charge in [-0.25, -0.2) is 8.42 Å². The van der Waals surface area contributed by atoms with Crippen LogP contribution < -0.4 is 5.32 Å².